The van der Waals surface area contributed by atoms with E-state index in [-0.39, 0.29) is 101 Å². The van der Waals surface area contributed by atoms with Crippen molar-refractivity contribution < 1.29 is 79.1 Å². The fourth-order valence-corrected chi connectivity index (χ4v) is 10.7. The van der Waals surface area contributed by atoms with Gasteiger partial charge in [0.05, 0.1) is 43.6 Å². The van der Waals surface area contributed by atoms with Crippen LogP contribution in [0, 0.1) is 29.4 Å². The summed E-state index contributed by atoms with van der Waals surface area (Å²) in [5.74, 6) is -4.77. The lowest BCUT2D eigenvalue weighted by Gasteiger charge is -2.19. The van der Waals surface area contributed by atoms with Crippen LogP contribution in [0.4, 0.5) is 52.7 Å². The second-order valence-electron chi connectivity index (χ2n) is 17.0. The van der Waals surface area contributed by atoms with E-state index in [1.54, 1.807) is 0 Å². The molecule has 11 nitrogen and oxygen atoms in total. The number of aromatic nitrogens is 4. The largest absolute Gasteiger partial charge is 0.417 e. The average molecular weight is 1120 g/mol. The highest BCUT2D eigenvalue weighted by atomic mass is 35.7. The summed E-state index contributed by atoms with van der Waals surface area (Å²) in [5.41, 5.74) is -0.872. The van der Waals surface area contributed by atoms with Crippen LogP contribution in [-0.2, 0) is 53.7 Å². The lowest BCUT2D eigenvalue weighted by atomic mass is 9.97. The summed E-state index contributed by atoms with van der Waals surface area (Å²) in [6, 6.07) is 16.6. The van der Waals surface area contributed by atoms with Crippen molar-refractivity contribution in [2.24, 2.45) is 5.92 Å². The predicted octanol–water partition coefficient (Wildman–Crippen LogP) is 10.8. The third-order valence-electron chi connectivity index (χ3n) is 11.7. The standard InChI is InChI=1S/C25H20F6N2O3S.C18H16F5N3O.C6H4ClFO2S/c26-16-2-5-19(6-3-16)37(35,36)23-12-17(27)11-20(23)22(34)8-4-18-9-14(10-24(28)33-18)21-7-1-15(13-32-21)25(29,30)31;19-12-7-15(25-9-12)16(27)4-2-13-5-10(6-17(20)26-13)14-3-1-11(8-24-14)18(21,22)23;7-11(9,10)6-3-1-5(8)2-4-6/h1-3,5-7,9-10,13,17,20,23H,4,8,11-12H2;1,3,5-6,8,12,15,25H,2,4,7,9H2;1-4H/t17-,20+,23?;12-,15+;/m11./s1. The molecule has 4 aromatic heterocycles. The molecular formula is C49H40ClF12N5O6S2. The molecule has 2 aromatic carbocycles. The lowest BCUT2D eigenvalue weighted by Crippen LogP contribution is -2.31. The maximum atomic E-state index is 14.2. The number of carbonyl (C=O) groups excluding carboxylic acids is 2. The zero-order chi connectivity index (χ0) is 55.0. The van der Waals surface area contributed by atoms with Crippen molar-refractivity contribution in [2.75, 3.05) is 6.54 Å². The van der Waals surface area contributed by atoms with Gasteiger partial charge in [0.2, 0.25) is 11.9 Å². The number of hydrogen-bond donors (Lipinski definition) is 1. The number of nitrogens with one attached hydrogen (secondary N) is 1. The zero-order valence-electron chi connectivity index (χ0n) is 38.4. The molecule has 1 unspecified atom stereocenters. The molecule has 26 heteroatoms. The first-order valence-corrected chi connectivity index (χ1v) is 26.1. The van der Waals surface area contributed by atoms with Crippen LogP contribution in [0.5, 0.6) is 0 Å². The third-order valence-corrected chi connectivity index (χ3v) is 15.3. The molecule has 0 spiro atoms. The molecule has 0 amide bonds. The van der Waals surface area contributed by atoms with Gasteiger partial charge in [-0.1, -0.05) is 0 Å². The van der Waals surface area contributed by atoms with Crippen LogP contribution in [0.2, 0.25) is 0 Å². The first kappa shape index (κ1) is 58.0. The van der Waals surface area contributed by atoms with Crippen LogP contribution in [0.25, 0.3) is 22.5 Å². The van der Waals surface area contributed by atoms with Gasteiger partial charge in [0, 0.05) is 89.4 Å². The van der Waals surface area contributed by atoms with Gasteiger partial charge in [-0.3, -0.25) is 19.6 Å². The number of nitrogens with zero attached hydrogens (tertiary/aromatic N) is 4. The fourth-order valence-electron chi connectivity index (χ4n) is 7.94. The topological polar surface area (TPSA) is 166 Å². The Kier molecular flexibility index (Phi) is 18.7. The highest BCUT2D eigenvalue weighted by Crippen LogP contribution is 2.38. The molecule has 8 rings (SSSR count). The zero-order valence-corrected chi connectivity index (χ0v) is 40.8. The van der Waals surface area contributed by atoms with Crippen LogP contribution in [-0.4, -0.2) is 78.5 Å². The van der Waals surface area contributed by atoms with Gasteiger partial charge < -0.3 is 5.32 Å². The molecule has 1 saturated heterocycles. The van der Waals surface area contributed by atoms with Crippen molar-refractivity contribution >= 4 is 41.1 Å². The van der Waals surface area contributed by atoms with Crippen LogP contribution in [0.15, 0.2) is 119 Å². The Hall–Kier alpha value is -6.31. The average Bonchev–Trinajstić information content (AvgIpc) is 3.98. The number of rotatable bonds is 13. The number of hydrogen-bond acceptors (Lipinski definition) is 11. The van der Waals surface area contributed by atoms with Crippen LogP contribution < -0.4 is 5.32 Å². The van der Waals surface area contributed by atoms with Gasteiger partial charge >= 0.3 is 12.4 Å². The molecule has 6 aromatic rings. The van der Waals surface area contributed by atoms with Gasteiger partial charge in [0.1, 0.15) is 35.5 Å². The van der Waals surface area contributed by atoms with Gasteiger partial charge in [-0.05, 0) is 111 Å². The van der Waals surface area contributed by atoms with E-state index in [2.05, 4.69) is 25.3 Å². The molecule has 5 heterocycles. The Morgan fingerprint density at radius 3 is 1.44 bits per heavy atom. The minimum atomic E-state index is -4.58. The number of carbonyl (C=O) groups is 2. The van der Waals surface area contributed by atoms with Gasteiger partial charge in [-0.2, -0.15) is 35.1 Å². The second-order valence-corrected chi connectivity index (χ2v) is 21.8. The summed E-state index contributed by atoms with van der Waals surface area (Å²) in [4.78, 5) is 39.6. The van der Waals surface area contributed by atoms with E-state index in [9.17, 15) is 79.1 Å². The number of sulfone groups is 1. The summed E-state index contributed by atoms with van der Waals surface area (Å²) in [6.07, 6.45) is -11.1. The maximum Gasteiger partial charge on any atom is 0.417 e. The molecule has 1 aliphatic heterocycles. The van der Waals surface area contributed by atoms with Crippen LogP contribution >= 0.6 is 10.7 Å². The summed E-state index contributed by atoms with van der Waals surface area (Å²) >= 11 is 0. The fraction of sp³-hybridized carbons (Fsp3) is 0.306. The summed E-state index contributed by atoms with van der Waals surface area (Å²) in [6.45, 7) is 0.137. The second kappa shape index (κ2) is 24.1. The van der Waals surface area contributed by atoms with Gasteiger partial charge in [-0.15, -0.1) is 0 Å². The maximum absolute atomic E-state index is 14.2. The highest BCUT2D eigenvalue weighted by molar-refractivity contribution is 8.13. The Labute approximate surface area is 425 Å². The summed E-state index contributed by atoms with van der Waals surface area (Å²) in [7, 11) is -2.87. The highest BCUT2D eigenvalue weighted by Gasteiger charge is 2.46. The van der Waals surface area contributed by atoms with Crippen molar-refractivity contribution in [3.05, 3.63) is 156 Å². The number of pyridine rings is 4. The van der Waals surface area contributed by atoms with Crippen molar-refractivity contribution in [1.29, 1.82) is 0 Å². The molecular weight excluding hydrogens is 1080 g/mol. The molecule has 1 N–H and O–H groups in total. The molecule has 5 atom stereocenters. The number of Topliss-reactive ketones (excluding diaryl/α,β-unsaturated/α-hetero) is 2. The van der Waals surface area contributed by atoms with E-state index in [0.717, 1.165) is 84.9 Å². The number of ketones is 2. The van der Waals surface area contributed by atoms with E-state index in [0.29, 0.717) is 12.4 Å². The van der Waals surface area contributed by atoms with Crippen molar-refractivity contribution in [1.82, 2.24) is 25.3 Å². The van der Waals surface area contributed by atoms with Gasteiger partial charge in [-0.25, -0.2) is 44.4 Å². The SMILES string of the molecule is O=C(CCc1cc(-c2ccc(C(F)(F)F)cn2)cc(F)n1)[C@@H]1C[C@@H](F)CC1S(=O)(=O)c1ccc(F)cc1.O=C(CCc1cc(-c2ccc(C(F)(F)F)cn2)cc(F)n1)[C@@H]1C[C@@H](F)CN1.O=S(=O)(Cl)c1ccc(F)cc1. The third kappa shape index (κ3) is 16.1. The minimum Gasteiger partial charge on any atom is -0.304 e. The first-order chi connectivity index (χ1) is 35.1. The Morgan fingerprint density at radius 1 is 0.587 bits per heavy atom. The molecule has 2 fully saturated rings. The smallest absolute Gasteiger partial charge is 0.304 e. The monoisotopic (exact) mass is 1120 g/mol. The number of halogens is 13. The Morgan fingerprint density at radius 2 is 1.04 bits per heavy atom. The van der Waals surface area contributed by atoms with Crippen LogP contribution in [0.3, 0.4) is 0 Å². The number of benzene rings is 2. The number of aryl methyl sites for hydroxylation is 2. The quantitative estimate of drug-likeness (QED) is 0.0506. The normalized spacial score (nSPS) is 18.9. The predicted molar refractivity (Wildman–Crippen MR) is 247 cm³/mol. The van der Waals surface area contributed by atoms with Crippen molar-refractivity contribution in [2.45, 2.75) is 90.7 Å². The van der Waals surface area contributed by atoms with E-state index < -0.39 is 101 Å². The van der Waals surface area contributed by atoms with Crippen molar-refractivity contribution in [3.63, 3.8) is 0 Å². The molecule has 1 saturated carbocycles. The van der Waals surface area contributed by atoms with E-state index in [1.165, 1.54) is 12.1 Å². The Balaban J connectivity index is 0.000000209. The van der Waals surface area contributed by atoms with E-state index >= 15 is 0 Å². The number of alkyl halides is 8. The first-order valence-electron chi connectivity index (χ1n) is 22.2. The van der Waals surface area contributed by atoms with Crippen LogP contribution in [0.1, 0.15) is 54.6 Å². The molecule has 400 valence electrons. The van der Waals surface area contributed by atoms with E-state index in [1.807, 2.05) is 0 Å². The molecule has 0 radical (unpaired) electrons. The lowest BCUT2D eigenvalue weighted by molar-refractivity contribution is -0.138. The molecule has 0 bridgehead atoms. The molecule has 2 aliphatic rings. The summed E-state index contributed by atoms with van der Waals surface area (Å²) < 4.78 is 204. The van der Waals surface area contributed by atoms with Gasteiger partial charge in [0.25, 0.3) is 9.05 Å². The summed E-state index contributed by atoms with van der Waals surface area (Å²) in [5, 5.41) is 1.46. The molecule has 75 heavy (non-hydrogen) atoms. The van der Waals surface area contributed by atoms with Crippen molar-refractivity contribution in [3.8, 4) is 22.5 Å². The minimum absolute atomic E-state index is 0.0563. The van der Waals surface area contributed by atoms with E-state index in [4.69, 9.17) is 10.7 Å². The Bertz CT molecular complexity index is 3190. The molecule has 1 aliphatic carbocycles. The van der Waals surface area contributed by atoms with Gasteiger partial charge in [0.15, 0.2) is 9.84 Å².